The monoisotopic (exact) mass is 482 g/mol. The highest BCUT2D eigenvalue weighted by Crippen LogP contribution is 2.24. The number of ketones is 1. The largest absolute Gasteiger partial charge is 0.454 e. The highest BCUT2D eigenvalue weighted by Gasteiger charge is 2.28. The van der Waals surface area contributed by atoms with Crippen LogP contribution in [0.1, 0.15) is 45.4 Å². The van der Waals surface area contributed by atoms with Gasteiger partial charge in [0.1, 0.15) is 0 Å². The summed E-state index contributed by atoms with van der Waals surface area (Å²) in [5, 5.41) is 0.0458. The number of hydrogen-bond acceptors (Lipinski definition) is 6. The van der Waals surface area contributed by atoms with Crippen molar-refractivity contribution in [2.24, 2.45) is 0 Å². The maximum Gasteiger partial charge on any atom is 0.340 e. The van der Waals surface area contributed by atoms with Crippen molar-refractivity contribution < 1.29 is 27.5 Å². The molecule has 0 amide bonds. The third-order valence-corrected chi connectivity index (χ3v) is 7.65. The summed E-state index contributed by atoms with van der Waals surface area (Å²) in [6, 6.07) is 5.65. The van der Waals surface area contributed by atoms with Crippen molar-refractivity contribution in [2.75, 3.05) is 32.9 Å². The molecule has 1 saturated heterocycles. The third-order valence-electron chi connectivity index (χ3n) is 5.42. The molecule has 3 rings (SSSR count). The van der Waals surface area contributed by atoms with E-state index in [9.17, 15) is 18.0 Å². The number of morpholine rings is 1. The normalized spacial score (nSPS) is 15.0. The van der Waals surface area contributed by atoms with E-state index in [4.69, 9.17) is 21.1 Å². The first kappa shape index (κ1) is 24.4. The van der Waals surface area contributed by atoms with Gasteiger partial charge < -0.3 is 14.0 Å². The number of sulfonamides is 1. The van der Waals surface area contributed by atoms with E-state index in [1.807, 2.05) is 18.4 Å². The number of ether oxygens (including phenoxy) is 2. The summed E-state index contributed by atoms with van der Waals surface area (Å²) in [6.45, 7) is 7.24. The van der Waals surface area contributed by atoms with Crippen molar-refractivity contribution in [1.82, 2.24) is 8.87 Å². The van der Waals surface area contributed by atoms with Gasteiger partial charge in [-0.05, 0) is 44.5 Å². The minimum atomic E-state index is -3.80. The molecule has 10 heteroatoms. The van der Waals surface area contributed by atoms with Crippen molar-refractivity contribution in [2.45, 2.75) is 38.6 Å². The lowest BCUT2D eigenvalue weighted by Crippen LogP contribution is -2.40. The minimum Gasteiger partial charge on any atom is -0.454 e. The number of rotatable bonds is 8. The highest BCUT2D eigenvalue weighted by molar-refractivity contribution is 7.89. The molecule has 0 bridgehead atoms. The van der Waals surface area contributed by atoms with Gasteiger partial charge in [0.2, 0.25) is 15.8 Å². The molecule has 0 radical (unpaired) electrons. The van der Waals surface area contributed by atoms with Crippen molar-refractivity contribution in [3.63, 3.8) is 0 Å². The summed E-state index contributed by atoms with van der Waals surface area (Å²) in [5.41, 5.74) is 2.17. The molecule has 2 aromatic rings. The molecule has 0 N–H and O–H groups in total. The standard InChI is InChI=1S/C22H27ClN2O6S/c1-4-7-25-15(2)12-18(16(25)3)21(26)14-31-22(27)19-13-17(5-6-20(19)23)32(28,29)24-8-10-30-11-9-24/h5-6,12-13H,4,7-11,14H2,1-3H3. The molecular weight excluding hydrogens is 456 g/mol. The summed E-state index contributed by atoms with van der Waals surface area (Å²) < 4.78 is 39.5. The lowest BCUT2D eigenvalue weighted by Gasteiger charge is -2.26. The third kappa shape index (κ3) is 5.06. The number of aryl methyl sites for hydroxylation is 1. The molecule has 1 aromatic carbocycles. The van der Waals surface area contributed by atoms with Crippen LogP contribution < -0.4 is 0 Å². The van der Waals surface area contributed by atoms with Gasteiger partial charge in [0, 0.05) is 36.6 Å². The summed E-state index contributed by atoms with van der Waals surface area (Å²) in [7, 11) is -3.80. The number of benzene rings is 1. The Hall–Kier alpha value is -2.20. The molecule has 0 atom stereocenters. The van der Waals surface area contributed by atoms with E-state index in [-0.39, 0.29) is 34.4 Å². The van der Waals surface area contributed by atoms with Crippen LogP contribution in [-0.2, 0) is 26.0 Å². The smallest absolute Gasteiger partial charge is 0.340 e. The van der Waals surface area contributed by atoms with Gasteiger partial charge in [0.25, 0.3) is 0 Å². The van der Waals surface area contributed by atoms with Gasteiger partial charge in [0.05, 0.1) is 28.7 Å². The quantitative estimate of drug-likeness (QED) is 0.423. The second-order valence-electron chi connectivity index (χ2n) is 7.59. The number of nitrogens with zero attached hydrogens (tertiary/aromatic N) is 2. The second kappa shape index (κ2) is 10.2. The number of aromatic nitrogens is 1. The van der Waals surface area contributed by atoms with Crippen LogP contribution >= 0.6 is 11.6 Å². The zero-order valence-corrected chi connectivity index (χ0v) is 20.0. The van der Waals surface area contributed by atoms with E-state index in [0.717, 1.165) is 24.4 Å². The molecule has 1 aliphatic heterocycles. The number of carbonyl (C=O) groups excluding carboxylic acids is 2. The first-order chi connectivity index (χ1) is 15.2. The molecular formula is C22H27ClN2O6S. The fourth-order valence-electron chi connectivity index (χ4n) is 3.69. The van der Waals surface area contributed by atoms with Crippen molar-refractivity contribution in [3.05, 3.63) is 51.8 Å². The SMILES string of the molecule is CCCn1c(C)cc(C(=O)COC(=O)c2cc(S(=O)(=O)N3CCOCC3)ccc2Cl)c1C. The van der Waals surface area contributed by atoms with Crippen LogP contribution in [0.25, 0.3) is 0 Å². The first-order valence-electron chi connectivity index (χ1n) is 10.4. The van der Waals surface area contributed by atoms with Crippen LogP contribution in [0.5, 0.6) is 0 Å². The van der Waals surface area contributed by atoms with E-state index in [2.05, 4.69) is 6.92 Å². The zero-order chi connectivity index (χ0) is 23.5. The summed E-state index contributed by atoms with van der Waals surface area (Å²) in [6.07, 6.45) is 0.932. The van der Waals surface area contributed by atoms with E-state index in [0.29, 0.717) is 18.8 Å². The van der Waals surface area contributed by atoms with E-state index in [1.165, 1.54) is 22.5 Å². The molecule has 32 heavy (non-hydrogen) atoms. The topological polar surface area (TPSA) is 94.9 Å². The van der Waals surface area contributed by atoms with Gasteiger partial charge in [0.15, 0.2) is 6.61 Å². The number of esters is 1. The highest BCUT2D eigenvalue weighted by atomic mass is 35.5. The maximum absolute atomic E-state index is 12.9. The van der Waals surface area contributed by atoms with Gasteiger partial charge >= 0.3 is 5.97 Å². The Morgan fingerprint density at radius 1 is 1.12 bits per heavy atom. The van der Waals surface area contributed by atoms with Gasteiger partial charge in [-0.3, -0.25) is 4.79 Å². The number of halogens is 1. The van der Waals surface area contributed by atoms with E-state index < -0.39 is 22.6 Å². The zero-order valence-electron chi connectivity index (χ0n) is 18.4. The van der Waals surface area contributed by atoms with E-state index >= 15 is 0 Å². The summed E-state index contributed by atoms with van der Waals surface area (Å²) in [5.74, 6) is -1.19. The number of carbonyl (C=O) groups is 2. The summed E-state index contributed by atoms with van der Waals surface area (Å²) in [4.78, 5) is 25.2. The van der Waals surface area contributed by atoms with Crippen LogP contribution in [0.4, 0.5) is 0 Å². The number of Topliss-reactive ketones (excluding diaryl/α,β-unsaturated/α-hetero) is 1. The molecule has 0 unspecified atom stereocenters. The molecule has 174 valence electrons. The molecule has 1 fully saturated rings. The molecule has 2 heterocycles. The Kier molecular flexibility index (Phi) is 7.76. The molecule has 8 nitrogen and oxygen atoms in total. The van der Waals surface area contributed by atoms with E-state index in [1.54, 1.807) is 6.07 Å². The Balaban J connectivity index is 1.75. The average Bonchev–Trinajstić information content (AvgIpc) is 3.06. The van der Waals surface area contributed by atoms with Gasteiger partial charge in [-0.2, -0.15) is 4.31 Å². The van der Waals surface area contributed by atoms with Crippen LogP contribution in [0, 0.1) is 13.8 Å². The Morgan fingerprint density at radius 3 is 2.47 bits per heavy atom. The van der Waals surface area contributed by atoms with Crippen LogP contribution in [0.15, 0.2) is 29.2 Å². The predicted octanol–water partition coefficient (Wildman–Crippen LogP) is 3.23. The fraction of sp³-hybridized carbons (Fsp3) is 0.455. The van der Waals surface area contributed by atoms with Crippen LogP contribution in [0.3, 0.4) is 0 Å². The van der Waals surface area contributed by atoms with Crippen LogP contribution in [0.2, 0.25) is 5.02 Å². The van der Waals surface area contributed by atoms with Crippen molar-refractivity contribution in [1.29, 1.82) is 0 Å². The predicted molar refractivity (Wildman–Crippen MR) is 120 cm³/mol. The second-order valence-corrected chi connectivity index (χ2v) is 9.94. The Bertz CT molecular complexity index is 1120. The number of hydrogen-bond donors (Lipinski definition) is 0. The van der Waals surface area contributed by atoms with Gasteiger partial charge in [-0.25, -0.2) is 13.2 Å². The fourth-order valence-corrected chi connectivity index (χ4v) is 5.32. The lowest BCUT2D eigenvalue weighted by atomic mass is 10.1. The van der Waals surface area contributed by atoms with Crippen molar-refractivity contribution in [3.8, 4) is 0 Å². The minimum absolute atomic E-state index is 0.0458. The maximum atomic E-state index is 12.9. The average molecular weight is 483 g/mol. The lowest BCUT2D eigenvalue weighted by molar-refractivity contribution is 0.0474. The molecule has 1 aromatic heterocycles. The van der Waals surface area contributed by atoms with Gasteiger partial charge in [-0.15, -0.1) is 0 Å². The first-order valence-corrected chi connectivity index (χ1v) is 12.2. The van der Waals surface area contributed by atoms with Crippen molar-refractivity contribution >= 4 is 33.4 Å². The molecule has 0 saturated carbocycles. The molecule has 0 aliphatic carbocycles. The Morgan fingerprint density at radius 2 is 1.81 bits per heavy atom. The van der Waals surface area contributed by atoms with Crippen LogP contribution in [-0.4, -0.2) is 62.0 Å². The summed E-state index contributed by atoms with van der Waals surface area (Å²) >= 11 is 6.13. The van der Waals surface area contributed by atoms with Gasteiger partial charge in [-0.1, -0.05) is 18.5 Å². The molecule has 0 spiro atoms. The molecule has 1 aliphatic rings. The Labute approximate surface area is 193 Å².